The molecule has 2 saturated carbocycles. The van der Waals surface area contributed by atoms with Gasteiger partial charge in [0.15, 0.2) is 0 Å². The van der Waals surface area contributed by atoms with Crippen LogP contribution >= 0.6 is 0 Å². The zero-order chi connectivity index (χ0) is 12.2. The van der Waals surface area contributed by atoms with Gasteiger partial charge in [-0.25, -0.2) is 13.6 Å². The Morgan fingerprint density at radius 3 is 2.29 bits per heavy atom. The molecule has 2 fully saturated rings. The first kappa shape index (κ1) is 11.2. The Morgan fingerprint density at radius 2 is 1.82 bits per heavy atom. The number of aromatic nitrogens is 3. The third-order valence-electron chi connectivity index (χ3n) is 4.08. The molecule has 2 atom stereocenters. The minimum atomic E-state index is -3.76. The molecular formula is C10H16N4O2S. The summed E-state index contributed by atoms with van der Waals surface area (Å²) >= 11 is 0. The lowest BCUT2D eigenvalue weighted by Crippen LogP contribution is -2.17. The largest absolute Gasteiger partial charge is 0.304 e. The SMILES string of the molecule is Cn1c(C2C3CCCCC32)nnc1S(N)(=O)=O. The Bertz CT molecular complexity index is 539. The Hall–Kier alpha value is -0.950. The summed E-state index contributed by atoms with van der Waals surface area (Å²) in [4.78, 5) is 0. The molecule has 0 radical (unpaired) electrons. The first-order chi connectivity index (χ1) is 8.00. The molecule has 2 aliphatic carbocycles. The fourth-order valence-corrected chi connectivity index (χ4v) is 3.87. The summed E-state index contributed by atoms with van der Waals surface area (Å²) in [5.41, 5.74) is 0. The van der Waals surface area contributed by atoms with E-state index in [2.05, 4.69) is 10.2 Å². The maximum Gasteiger partial charge on any atom is 0.273 e. The van der Waals surface area contributed by atoms with Gasteiger partial charge in [-0.3, -0.25) is 0 Å². The van der Waals surface area contributed by atoms with E-state index >= 15 is 0 Å². The maximum atomic E-state index is 11.3. The van der Waals surface area contributed by atoms with E-state index in [-0.39, 0.29) is 5.16 Å². The van der Waals surface area contributed by atoms with Gasteiger partial charge in [0.05, 0.1) is 0 Å². The van der Waals surface area contributed by atoms with Crippen LogP contribution in [0.5, 0.6) is 0 Å². The molecule has 94 valence electrons. The van der Waals surface area contributed by atoms with Crippen LogP contribution in [-0.2, 0) is 17.1 Å². The molecule has 2 N–H and O–H groups in total. The predicted molar refractivity (Wildman–Crippen MR) is 60.6 cm³/mol. The minimum Gasteiger partial charge on any atom is -0.304 e. The topological polar surface area (TPSA) is 90.9 Å². The van der Waals surface area contributed by atoms with Crippen molar-refractivity contribution in [3.05, 3.63) is 5.82 Å². The van der Waals surface area contributed by atoms with Gasteiger partial charge in [0.2, 0.25) is 0 Å². The van der Waals surface area contributed by atoms with Crippen molar-refractivity contribution in [1.82, 2.24) is 14.8 Å². The molecule has 0 spiro atoms. The molecule has 1 heterocycles. The van der Waals surface area contributed by atoms with Crippen molar-refractivity contribution in [3.8, 4) is 0 Å². The molecule has 0 aliphatic heterocycles. The Labute approximate surface area is 100 Å². The fraction of sp³-hybridized carbons (Fsp3) is 0.800. The first-order valence-corrected chi connectivity index (χ1v) is 7.47. The molecule has 2 unspecified atom stereocenters. The fourth-order valence-electron chi connectivity index (χ4n) is 3.24. The van der Waals surface area contributed by atoms with E-state index in [0.717, 1.165) is 5.82 Å². The van der Waals surface area contributed by atoms with Crippen LogP contribution in [0.25, 0.3) is 0 Å². The monoisotopic (exact) mass is 256 g/mol. The van der Waals surface area contributed by atoms with Gasteiger partial charge in [-0.15, -0.1) is 10.2 Å². The van der Waals surface area contributed by atoms with Gasteiger partial charge in [-0.05, 0) is 24.7 Å². The zero-order valence-electron chi connectivity index (χ0n) is 9.70. The molecule has 0 amide bonds. The van der Waals surface area contributed by atoms with Gasteiger partial charge < -0.3 is 4.57 Å². The molecule has 3 rings (SSSR count). The molecule has 7 heteroatoms. The van der Waals surface area contributed by atoms with Gasteiger partial charge in [0.1, 0.15) is 5.82 Å². The van der Waals surface area contributed by atoms with Crippen molar-refractivity contribution >= 4 is 10.0 Å². The molecule has 6 nitrogen and oxygen atoms in total. The van der Waals surface area contributed by atoms with E-state index in [1.807, 2.05) is 0 Å². The predicted octanol–water partition coefficient (Wildman–Crippen LogP) is 0.366. The third-order valence-corrected chi connectivity index (χ3v) is 4.94. The van der Waals surface area contributed by atoms with Crippen LogP contribution < -0.4 is 5.14 Å². The molecule has 0 saturated heterocycles. The number of hydrogen-bond donors (Lipinski definition) is 1. The average Bonchev–Trinajstić information content (AvgIpc) is 2.85. The van der Waals surface area contributed by atoms with E-state index in [0.29, 0.717) is 17.8 Å². The highest BCUT2D eigenvalue weighted by molar-refractivity contribution is 7.89. The lowest BCUT2D eigenvalue weighted by atomic mass is 10.0. The summed E-state index contributed by atoms with van der Waals surface area (Å²) in [5.74, 6) is 2.54. The van der Waals surface area contributed by atoms with Gasteiger partial charge >= 0.3 is 0 Å². The quantitative estimate of drug-likeness (QED) is 0.827. The second-order valence-electron chi connectivity index (χ2n) is 5.08. The van der Waals surface area contributed by atoms with Crippen molar-refractivity contribution in [2.75, 3.05) is 0 Å². The third kappa shape index (κ3) is 1.68. The number of sulfonamides is 1. The normalized spacial score (nSPS) is 32.2. The second kappa shape index (κ2) is 3.52. The average molecular weight is 256 g/mol. The van der Waals surface area contributed by atoms with Crippen LogP contribution in [0.2, 0.25) is 0 Å². The number of hydrogen-bond acceptors (Lipinski definition) is 4. The molecule has 0 aromatic carbocycles. The molecule has 2 aliphatic rings. The van der Waals surface area contributed by atoms with Crippen LogP contribution in [0.15, 0.2) is 5.16 Å². The van der Waals surface area contributed by atoms with Gasteiger partial charge in [-0.1, -0.05) is 12.8 Å². The highest BCUT2D eigenvalue weighted by Gasteiger charge is 2.53. The van der Waals surface area contributed by atoms with E-state index in [1.165, 1.54) is 25.7 Å². The summed E-state index contributed by atoms with van der Waals surface area (Å²) < 4.78 is 24.1. The van der Waals surface area contributed by atoms with Gasteiger partial charge in [0.25, 0.3) is 15.2 Å². The van der Waals surface area contributed by atoms with Crippen LogP contribution in [0.4, 0.5) is 0 Å². The van der Waals surface area contributed by atoms with Gasteiger partial charge in [-0.2, -0.15) is 0 Å². The summed E-state index contributed by atoms with van der Waals surface area (Å²) in [6.45, 7) is 0. The lowest BCUT2D eigenvalue weighted by molar-refractivity contribution is 0.480. The van der Waals surface area contributed by atoms with Crippen LogP contribution in [0.3, 0.4) is 0 Å². The van der Waals surface area contributed by atoms with Crippen molar-refractivity contribution in [2.45, 2.75) is 36.8 Å². The lowest BCUT2D eigenvalue weighted by Gasteiger charge is -2.04. The van der Waals surface area contributed by atoms with Crippen molar-refractivity contribution in [2.24, 2.45) is 24.0 Å². The van der Waals surface area contributed by atoms with Crippen LogP contribution in [0.1, 0.15) is 37.4 Å². The highest BCUT2D eigenvalue weighted by atomic mass is 32.2. The van der Waals surface area contributed by atoms with Crippen LogP contribution in [-0.4, -0.2) is 23.2 Å². The number of nitrogens with zero attached hydrogens (tertiary/aromatic N) is 3. The Morgan fingerprint density at radius 1 is 1.24 bits per heavy atom. The molecule has 0 bridgehead atoms. The number of rotatable bonds is 2. The maximum absolute atomic E-state index is 11.3. The standard InChI is InChI=1S/C10H16N4O2S/c1-14-9(12-13-10(14)17(11,15)16)8-6-4-2-3-5-7(6)8/h6-8H,2-5H2,1H3,(H2,11,15,16). The summed E-state index contributed by atoms with van der Waals surface area (Å²) in [6.07, 6.45) is 5.01. The molecule has 17 heavy (non-hydrogen) atoms. The number of fused-ring (bicyclic) bond motifs is 1. The van der Waals surface area contributed by atoms with E-state index < -0.39 is 10.0 Å². The Kier molecular flexibility index (Phi) is 2.31. The Balaban J connectivity index is 1.93. The molecule has 1 aromatic rings. The summed E-state index contributed by atoms with van der Waals surface area (Å²) in [7, 11) is -2.08. The van der Waals surface area contributed by atoms with Gasteiger partial charge in [0, 0.05) is 13.0 Å². The first-order valence-electron chi connectivity index (χ1n) is 5.92. The van der Waals surface area contributed by atoms with Crippen molar-refractivity contribution in [1.29, 1.82) is 0 Å². The van der Waals surface area contributed by atoms with E-state index in [9.17, 15) is 8.42 Å². The number of nitrogens with two attached hydrogens (primary N) is 1. The van der Waals surface area contributed by atoms with Crippen LogP contribution in [0, 0.1) is 11.8 Å². The van der Waals surface area contributed by atoms with Crippen molar-refractivity contribution < 1.29 is 8.42 Å². The van der Waals surface area contributed by atoms with E-state index in [1.54, 1.807) is 11.6 Å². The second-order valence-corrected chi connectivity index (χ2v) is 6.54. The highest BCUT2D eigenvalue weighted by Crippen LogP contribution is 2.60. The van der Waals surface area contributed by atoms with Crippen molar-refractivity contribution in [3.63, 3.8) is 0 Å². The summed E-state index contributed by atoms with van der Waals surface area (Å²) in [6, 6.07) is 0. The molecular weight excluding hydrogens is 240 g/mol. The van der Waals surface area contributed by atoms with E-state index in [4.69, 9.17) is 5.14 Å². The smallest absolute Gasteiger partial charge is 0.273 e. The molecule has 1 aromatic heterocycles. The summed E-state index contributed by atoms with van der Waals surface area (Å²) in [5, 5.41) is 12.7. The zero-order valence-corrected chi connectivity index (χ0v) is 10.5. The minimum absolute atomic E-state index is 0.129. The number of primary sulfonamides is 1.